The molecule has 0 bridgehead atoms. The van der Waals surface area contributed by atoms with Gasteiger partial charge in [0, 0.05) is 12.0 Å². The van der Waals surface area contributed by atoms with E-state index in [1.807, 2.05) is 0 Å². The second-order valence-electron chi connectivity index (χ2n) is 5.81. The van der Waals surface area contributed by atoms with Gasteiger partial charge in [-0.05, 0) is 44.6 Å². The first kappa shape index (κ1) is 12.9. The molecule has 2 rings (SSSR count). The van der Waals surface area contributed by atoms with Gasteiger partial charge in [-0.25, -0.2) is 0 Å². The third-order valence-corrected chi connectivity index (χ3v) is 4.44. The first-order valence-corrected chi connectivity index (χ1v) is 7.30. The lowest BCUT2D eigenvalue weighted by Gasteiger charge is -2.30. The Morgan fingerprint density at radius 2 is 1.82 bits per heavy atom. The van der Waals surface area contributed by atoms with Crippen molar-refractivity contribution < 1.29 is 4.79 Å². The molecule has 3 nitrogen and oxygen atoms in total. The monoisotopic (exact) mass is 238 g/mol. The molecule has 2 unspecified atom stereocenters. The van der Waals surface area contributed by atoms with Crippen molar-refractivity contribution in [2.45, 2.75) is 63.8 Å². The summed E-state index contributed by atoms with van der Waals surface area (Å²) in [5, 5.41) is 3.25. The van der Waals surface area contributed by atoms with Crippen LogP contribution in [0.25, 0.3) is 0 Å². The summed E-state index contributed by atoms with van der Waals surface area (Å²) in [6, 6.07) is 0.453. The fourth-order valence-corrected chi connectivity index (χ4v) is 3.31. The standard InChI is InChI=1S/C14H26N2O/c15-10-11-5-4-6-12(9-11)14(17)16-13-7-2-1-3-8-13/h11-13H,1-10,15H2,(H,16,17). The predicted molar refractivity (Wildman–Crippen MR) is 69.5 cm³/mol. The summed E-state index contributed by atoms with van der Waals surface area (Å²) in [7, 11) is 0. The maximum absolute atomic E-state index is 12.2. The summed E-state index contributed by atoms with van der Waals surface area (Å²) < 4.78 is 0. The minimum absolute atomic E-state index is 0.235. The topological polar surface area (TPSA) is 55.1 Å². The minimum Gasteiger partial charge on any atom is -0.353 e. The average molecular weight is 238 g/mol. The van der Waals surface area contributed by atoms with Gasteiger partial charge in [-0.2, -0.15) is 0 Å². The van der Waals surface area contributed by atoms with E-state index in [0.717, 1.165) is 19.4 Å². The second kappa shape index (κ2) is 6.39. The van der Waals surface area contributed by atoms with E-state index in [-0.39, 0.29) is 5.92 Å². The highest BCUT2D eigenvalue weighted by Crippen LogP contribution is 2.29. The smallest absolute Gasteiger partial charge is 0.223 e. The van der Waals surface area contributed by atoms with E-state index < -0.39 is 0 Å². The molecule has 2 saturated carbocycles. The van der Waals surface area contributed by atoms with E-state index in [4.69, 9.17) is 5.73 Å². The van der Waals surface area contributed by atoms with Crippen LogP contribution >= 0.6 is 0 Å². The largest absolute Gasteiger partial charge is 0.353 e. The van der Waals surface area contributed by atoms with Gasteiger partial charge in [0.25, 0.3) is 0 Å². The third kappa shape index (κ3) is 3.70. The molecule has 0 aromatic carbocycles. The molecular weight excluding hydrogens is 212 g/mol. The molecule has 2 fully saturated rings. The van der Waals surface area contributed by atoms with Gasteiger partial charge >= 0.3 is 0 Å². The maximum Gasteiger partial charge on any atom is 0.223 e. The number of hydrogen-bond acceptors (Lipinski definition) is 2. The highest BCUT2D eigenvalue weighted by molar-refractivity contribution is 5.79. The molecule has 2 aliphatic rings. The van der Waals surface area contributed by atoms with Crippen molar-refractivity contribution in [1.82, 2.24) is 5.32 Å². The summed E-state index contributed by atoms with van der Waals surface area (Å²) in [5.74, 6) is 1.11. The Morgan fingerprint density at radius 3 is 2.53 bits per heavy atom. The number of nitrogens with two attached hydrogens (primary N) is 1. The highest BCUT2D eigenvalue weighted by atomic mass is 16.1. The molecule has 0 spiro atoms. The van der Waals surface area contributed by atoms with Crippen molar-refractivity contribution in [1.29, 1.82) is 0 Å². The second-order valence-corrected chi connectivity index (χ2v) is 5.81. The molecule has 0 aromatic heterocycles. The Hall–Kier alpha value is -0.570. The van der Waals surface area contributed by atoms with Gasteiger partial charge in [0.05, 0.1) is 0 Å². The number of carbonyl (C=O) groups is 1. The Kier molecular flexibility index (Phi) is 4.84. The number of amides is 1. The van der Waals surface area contributed by atoms with Gasteiger partial charge in [-0.15, -0.1) is 0 Å². The third-order valence-electron chi connectivity index (χ3n) is 4.44. The Labute approximate surface area is 105 Å². The first-order chi connectivity index (χ1) is 8.29. The van der Waals surface area contributed by atoms with Crippen LogP contribution in [-0.4, -0.2) is 18.5 Å². The van der Waals surface area contributed by atoms with Gasteiger partial charge in [-0.1, -0.05) is 25.7 Å². The summed E-state index contributed by atoms with van der Waals surface area (Å²) in [4.78, 5) is 12.2. The fourth-order valence-electron chi connectivity index (χ4n) is 3.31. The van der Waals surface area contributed by atoms with Crippen molar-refractivity contribution in [3.05, 3.63) is 0 Å². The highest BCUT2D eigenvalue weighted by Gasteiger charge is 2.28. The molecule has 0 saturated heterocycles. The van der Waals surface area contributed by atoms with Crippen LogP contribution in [0.3, 0.4) is 0 Å². The van der Waals surface area contributed by atoms with Crippen LogP contribution in [0.15, 0.2) is 0 Å². The van der Waals surface area contributed by atoms with E-state index in [1.165, 1.54) is 44.9 Å². The number of carbonyl (C=O) groups excluding carboxylic acids is 1. The van der Waals surface area contributed by atoms with E-state index in [9.17, 15) is 4.79 Å². The molecule has 0 aliphatic heterocycles. The zero-order chi connectivity index (χ0) is 12.1. The van der Waals surface area contributed by atoms with E-state index in [1.54, 1.807) is 0 Å². The van der Waals surface area contributed by atoms with Crippen molar-refractivity contribution in [3.63, 3.8) is 0 Å². The van der Waals surface area contributed by atoms with Crippen molar-refractivity contribution >= 4 is 5.91 Å². The lowest BCUT2D eigenvalue weighted by molar-refractivity contribution is -0.127. The van der Waals surface area contributed by atoms with Crippen LogP contribution in [0.5, 0.6) is 0 Å². The Balaban J connectivity index is 1.78. The Bertz CT molecular complexity index is 249. The normalized spacial score (nSPS) is 31.1. The molecule has 2 aliphatic carbocycles. The summed E-state index contributed by atoms with van der Waals surface area (Å²) in [6.07, 6.45) is 10.7. The van der Waals surface area contributed by atoms with Crippen molar-refractivity contribution in [3.8, 4) is 0 Å². The fraction of sp³-hybridized carbons (Fsp3) is 0.929. The summed E-state index contributed by atoms with van der Waals surface area (Å²) in [5.41, 5.74) is 5.72. The minimum atomic E-state index is 0.235. The summed E-state index contributed by atoms with van der Waals surface area (Å²) >= 11 is 0. The quantitative estimate of drug-likeness (QED) is 0.792. The molecule has 98 valence electrons. The van der Waals surface area contributed by atoms with Crippen LogP contribution in [0.1, 0.15) is 57.8 Å². The van der Waals surface area contributed by atoms with Gasteiger partial charge in [0.2, 0.25) is 5.91 Å². The Morgan fingerprint density at radius 1 is 1.06 bits per heavy atom. The maximum atomic E-state index is 12.2. The number of hydrogen-bond donors (Lipinski definition) is 2. The number of rotatable bonds is 3. The molecule has 1 amide bonds. The molecule has 0 heterocycles. The van der Waals surface area contributed by atoms with Crippen LogP contribution in [0.4, 0.5) is 0 Å². The van der Waals surface area contributed by atoms with Crippen LogP contribution in [0, 0.1) is 11.8 Å². The number of nitrogens with one attached hydrogen (secondary N) is 1. The van der Waals surface area contributed by atoms with Crippen LogP contribution in [-0.2, 0) is 4.79 Å². The van der Waals surface area contributed by atoms with Crippen molar-refractivity contribution in [2.75, 3.05) is 6.54 Å². The molecule has 2 atom stereocenters. The van der Waals surface area contributed by atoms with Gasteiger partial charge in [0.1, 0.15) is 0 Å². The first-order valence-electron chi connectivity index (χ1n) is 7.30. The molecule has 17 heavy (non-hydrogen) atoms. The van der Waals surface area contributed by atoms with Crippen LogP contribution < -0.4 is 11.1 Å². The molecule has 3 heteroatoms. The molecule has 0 aromatic rings. The van der Waals surface area contributed by atoms with Gasteiger partial charge in [0.15, 0.2) is 0 Å². The molecule has 0 radical (unpaired) electrons. The molecule has 3 N–H and O–H groups in total. The summed E-state index contributed by atoms with van der Waals surface area (Å²) in [6.45, 7) is 0.743. The van der Waals surface area contributed by atoms with Crippen molar-refractivity contribution in [2.24, 2.45) is 17.6 Å². The van der Waals surface area contributed by atoms with Crippen LogP contribution in [0.2, 0.25) is 0 Å². The lowest BCUT2D eigenvalue weighted by atomic mass is 9.80. The van der Waals surface area contributed by atoms with E-state index >= 15 is 0 Å². The average Bonchev–Trinajstić information content (AvgIpc) is 2.40. The van der Waals surface area contributed by atoms with E-state index in [0.29, 0.717) is 17.9 Å². The van der Waals surface area contributed by atoms with E-state index in [2.05, 4.69) is 5.32 Å². The van der Waals surface area contributed by atoms with Gasteiger partial charge < -0.3 is 11.1 Å². The zero-order valence-electron chi connectivity index (χ0n) is 10.8. The van der Waals surface area contributed by atoms with Gasteiger partial charge in [-0.3, -0.25) is 4.79 Å². The SMILES string of the molecule is NCC1CCCC(C(=O)NC2CCCCC2)C1. The molecular formula is C14H26N2O. The lowest BCUT2D eigenvalue weighted by Crippen LogP contribution is -2.41. The zero-order valence-corrected chi connectivity index (χ0v) is 10.8. The predicted octanol–water partition coefficient (Wildman–Crippen LogP) is 2.20.